The normalized spacial score (nSPS) is 13.5. The van der Waals surface area contributed by atoms with Crippen molar-refractivity contribution in [3.05, 3.63) is 22.4 Å². The molecule has 0 aliphatic carbocycles. The van der Waals surface area contributed by atoms with Crippen LogP contribution in [0.1, 0.15) is 38.1 Å². The first-order valence-electron chi connectivity index (χ1n) is 5.55. The molecule has 0 aromatic carbocycles. The third kappa shape index (κ3) is 3.06. The van der Waals surface area contributed by atoms with E-state index in [4.69, 9.17) is 5.73 Å². The molecule has 3 nitrogen and oxygen atoms in total. The van der Waals surface area contributed by atoms with Crippen molar-refractivity contribution in [2.75, 3.05) is 6.54 Å². The number of nitrogens with one attached hydrogen (secondary N) is 1. The smallest absolute Gasteiger partial charge is 0.227 e. The molecule has 0 aliphatic rings. The van der Waals surface area contributed by atoms with E-state index >= 15 is 0 Å². The van der Waals surface area contributed by atoms with Crippen molar-refractivity contribution in [1.29, 1.82) is 0 Å². The zero-order valence-corrected chi connectivity index (χ0v) is 10.9. The van der Waals surface area contributed by atoms with Gasteiger partial charge in [-0.25, -0.2) is 0 Å². The predicted molar refractivity (Wildman–Crippen MR) is 68.3 cm³/mol. The first-order valence-corrected chi connectivity index (χ1v) is 6.43. The van der Waals surface area contributed by atoms with E-state index < -0.39 is 5.41 Å². The number of hydrogen-bond acceptors (Lipinski definition) is 3. The quantitative estimate of drug-likeness (QED) is 0.829. The molecule has 0 saturated heterocycles. The monoisotopic (exact) mass is 240 g/mol. The van der Waals surface area contributed by atoms with Gasteiger partial charge in [-0.15, -0.1) is 11.3 Å². The summed E-state index contributed by atoms with van der Waals surface area (Å²) in [6.45, 7) is 6.16. The van der Waals surface area contributed by atoms with E-state index in [1.807, 2.05) is 25.3 Å². The SMILES string of the molecule is CCC(NC(=O)C(C)(C)CN)c1cccs1. The molecule has 3 N–H and O–H groups in total. The second-order valence-corrected chi connectivity index (χ2v) is 5.52. The van der Waals surface area contributed by atoms with Crippen LogP contribution in [0.15, 0.2) is 17.5 Å². The van der Waals surface area contributed by atoms with Crippen LogP contribution in [0.2, 0.25) is 0 Å². The Morgan fingerprint density at radius 3 is 2.75 bits per heavy atom. The van der Waals surface area contributed by atoms with Crippen molar-refractivity contribution in [2.24, 2.45) is 11.1 Å². The Morgan fingerprint density at radius 2 is 2.31 bits per heavy atom. The molecule has 1 aromatic rings. The van der Waals surface area contributed by atoms with Crippen LogP contribution >= 0.6 is 11.3 Å². The summed E-state index contributed by atoms with van der Waals surface area (Å²) < 4.78 is 0. The number of amides is 1. The summed E-state index contributed by atoms with van der Waals surface area (Å²) in [6.07, 6.45) is 0.896. The molecule has 1 aromatic heterocycles. The van der Waals surface area contributed by atoms with Crippen molar-refractivity contribution in [1.82, 2.24) is 5.32 Å². The molecule has 1 heterocycles. The van der Waals surface area contributed by atoms with Gasteiger partial charge in [0.1, 0.15) is 0 Å². The van der Waals surface area contributed by atoms with Gasteiger partial charge in [0.25, 0.3) is 0 Å². The van der Waals surface area contributed by atoms with Crippen molar-refractivity contribution in [3.63, 3.8) is 0 Å². The molecule has 0 saturated carbocycles. The fourth-order valence-electron chi connectivity index (χ4n) is 1.31. The van der Waals surface area contributed by atoms with Crippen LogP contribution < -0.4 is 11.1 Å². The van der Waals surface area contributed by atoms with Gasteiger partial charge in [-0.3, -0.25) is 4.79 Å². The molecule has 0 radical (unpaired) electrons. The lowest BCUT2D eigenvalue weighted by Crippen LogP contribution is -2.43. The molecule has 1 rings (SSSR count). The van der Waals surface area contributed by atoms with Crippen LogP contribution in [0.25, 0.3) is 0 Å². The lowest BCUT2D eigenvalue weighted by atomic mass is 9.92. The minimum absolute atomic E-state index is 0.0234. The fraction of sp³-hybridized carbons (Fsp3) is 0.583. The third-order valence-corrected chi connectivity index (χ3v) is 3.71. The highest BCUT2D eigenvalue weighted by Crippen LogP contribution is 2.23. The van der Waals surface area contributed by atoms with E-state index in [9.17, 15) is 4.79 Å². The van der Waals surface area contributed by atoms with Gasteiger partial charge >= 0.3 is 0 Å². The van der Waals surface area contributed by atoms with Gasteiger partial charge in [-0.1, -0.05) is 13.0 Å². The van der Waals surface area contributed by atoms with E-state index in [0.717, 1.165) is 6.42 Å². The number of nitrogens with two attached hydrogens (primary N) is 1. The number of carbonyl (C=O) groups is 1. The number of hydrogen-bond donors (Lipinski definition) is 2. The lowest BCUT2D eigenvalue weighted by molar-refractivity contribution is -0.129. The largest absolute Gasteiger partial charge is 0.348 e. The van der Waals surface area contributed by atoms with Crippen molar-refractivity contribution < 1.29 is 4.79 Å². The van der Waals surface area contributed by atoms with Crippen LogP contribution in [-0.4, -0.2) is 12.5 Å². The van der Waals surface area contributed by atoms with Gasteiger partial charge in [-0.05, 0) is 31.7 Å². The number of rotatable bonds is 5. The minimum atomic E-state index is -0.495. The lowest BCUT2D eigenvalue weighted by Gasteiger charge is -2.25. The van der Waals surface area contributed by atoms with Gasteiger partial charge in [0.15, 0.2) is 0 Å². The molecule has 0 spiro atoms. The van der Waals surface area contributed by atoms with Crippen LogP contribution in [0.4, 0.5) is 0 Å². The number of thiophene rings is 1. The second-order valence-electron chi connectivity index (χ2n) is 4.54. The Labute approximate surface area is 101 Å². The number of carbonyl (C=O) groups excluding carboxylic acids is 1. The highest BCUT2D eigenvalue weighted by molar-refractivity contribution is 7.10. The molecule has 0 bridgehead atoms. The van der Waals surface area contributed by atoms with Gasteiger partial charge in [0.2, 0.25) is 5.91 Å². The molecular formula is C12H20N2OS. The summed E-state index contributed by atoms with van der Waals surface area (Å²) in [5.41, 5.74) is 5.09. The standard InChI is InChI=1S/C12H20N2OS/c1-4-9(10-6-5-7-16-10)14-11(15)12(2,3)8-13/h5-7,9H,4,8,13H2,1-3H3,(H,14,15). The van der Waals surface area contributed by atoms with Crippen LogP contribution in [0.5, 0.6) is 0 Å². The molecular weight excluding hydrogens is 220 g/mol. The zero-order chi connectivity index (χ0) is 12.2. The average molecular weight is 240 g/mol. The van der Waals surface area contributed by atoms with Gasteiger partial charge < -0.3 is 11.1 Å². The molecule has 0 aliphatic heterocycles. The first kappa shape index (κ1) is 13.2. The van der Waals surface area contributed by atoms with Gasteiger partial charge in [0.05, 0.1) is 11.5 Å². The maximum Gasteiger partial charge on any atom is 0.227 e. The van der Waals surface area contributed by atoms with Crippen LogP contribution in [-0.2, 0) is 4.79 Å². The van der Waals surface area contributed by atoms with Crippen LogP contribution in [0.3, 0.4) is 0 Å². The highest BCUT2D eigenvalue weighted by atomic mass is 32.1. The van der Waals surface area contributed by atoms with E-state index in [1.54, 1.807) is 11.3 Å². The second kappa shape index (κ2) is 5.46. The maximum absolute atomic E-state index is 12.0. The summed E-state index contributed by atoms with van der Waals surface area (Å²) >= 11 is 1.67. The Kier molecular flexibility index (Phi) is 4.50. The Bertz CT molecular complexity index is 333. The maximum atomic E-state index is 12.0. The van der Waals surface area contributed by atoms with E-state index in [2.05, 4.69) is 18.3 Å². The zero-order valence-electron chi connectivity index (χ0n) is 10.1. The Balaban J connectivity index is 2.68. The Morgan fingerprint density at radius 1 is 1.62 bits per heavy atom. The van der Waals surface area contributed by atoms with Crippen molar-refractivity contribution in [3.8, 4) is 0 Å². The third-order valence-electron chi connectivity index (χ3n) is 2.73. The summed E-state index contributed by atoms with van der Waals surface area (Å²) in [5, 5.41) is 5.08. The molecule has 1 atom stereocenters. The minimum Gasteiger partial charge on any atom is -0.348 e. The first-order chi connectivity index (χ1) is 7.51. The average Bonchev–Trinajstić information content (AvgIpc) is 2.78. The summed E-state index contributed by atoms with van der Waals surface area (Å²) in [4.78, 5) is 13.2. The fourth-order valence-corrected chi connectivity index (χ4v) is 2.17. The summed E-state index contributed by atoms with van der Waals surface area (Å²) in [7, 11) is 0. The van der Waals surface area contributed by atoms with Crippen LogP contribution in [0, 0.1) is 5.41 Å². The predicted octanol–water partition coefficient (Wildman–Crippen LogP) is 2.30. The Hall–Kier alpha value is -0.870. The van der Waals surface area contributed by atoms with E-state index in [0.29, 0.717) is 6.54 Å². The van der Waals surface area contributed by atoms with E-state index in [1.165, 1.54) is 4.88 Å². The molecule has 16 heavy (non-hydrogen) atoms. The van der Waals surface area contributed by atoms with Crippen molar-refractivity contribution >= 4 is 17.2 Å². The molecule has 1 unspecified atom stereocenters. The topological polar surface area (TPSA) is 55.1 Å². The van der Waals surface area contributed by atoms with Crippen molar-refractivity contribution in [2.45, 2.75) is 33.2 Å². The summed E-state index contributed by atoms with van der Waals surface area (Å²) in [6, 6.07) is 4.16. The molecule has 0 fully saturated rings. The highest BCUT2D eigenvalue weighted by Gasteiger charge is 2.27. The van der Waals surface area contributed by atoms with E-state index in [-0.39, 0.29) is 11.9 Å². The van der Waals surface area contributed by atoms with Gasteiger partial charge in [0, 0.05) is 11.4 Å². The van der Waals surface area contributed by atoms with Gasteiger partial charge in [-0.2, -0.15) is 0 Å². The molecule has 4 heteroatoms. The summed E-state index contributed by atoms with van der Waals surface area (Å²) in [5.74, 6) is 0.0234. The molecule has 90 valence electrons. The molecule has 1 amide bonds.